The van der Waals surface area contributed by atoms with Crippen LogP contribution in [-0.4, -0.2) is 38.3 Å². The molecule has 1 unspecified atom stereocenters. The van der Waals surface area contributed by atoms with Crippen LogP contribution in [-0.2, 0) is 14.6 Å². The van der Waals surface area contributed by atoms with Gasteiger partial charge in [-0.15, -0.1) is 11.6 Å². The highest BCUT2D eigenvalue weighted by molar-refractivity contribution is 7.92. The summed E-state index contributed by atoms with van der Waals surface area (Å²) in [7, 11) is -3.30. The van der Waals surface area contributed by atoms with Crippen molar-refractivity contribution in [2.75, 3.05) is 18.7 Å². The second-order valence-corrected chi connectivity index (χ2v) is 7.37. The van der Waals surface area contributed by atoms with E-state index in [1.807, 2.05) is 0 Å². The number of carbonyl (C=O) groups is 1. The van der Waals surface area contributed by atoms with Gasteiger partial charge in [-0.3, -0.25) is 4.79 Å². The van der Waals surface area contributed by atoms with Crippen LogP contribution in [0.15, 0.2) is 0 Å². The summed E-state index contributed by atoms with van der Waals surface area (Å²) in [6.45, 7) is 1.95. The predicted octanol–water partition coefficient (Wildman–Crippen LogP) is 0.945. The van der Waals surface area contributed by atoms with Crippen LogP contribution < -0.4 is 5.32 Å². The Hall–Kier alpha value is -0.290. The Kier molecular flexibility index (Phi) is 4.23. The Morgan fingerprint density at radius 2 is 2.06 bits per heavy atom. The van der Waals surface area contributed by atoms with E-state index in [1.54, 1.807) is 0 Å². The lowest BCUT2D eigenvalue weighted by atomic mass is 10.0. The highest BCUT2D eigenvalue weighted by Crippen LogP contribution is 2.48. The number of alkyl halides is 1. The third-order valence-electron chi connectivity index (χ3n) is 3.23. The van der Waals surface area contributed by atoms with Crippen LogP contribution in [0.4, 0.5) is 0 Å². The van der Waals surface area contributed by atoms with Crippen LogP contribution in [0.25, 0.3) is 0 Å². The first-order valence-electron chi connectivity index (χ1n) is 5.33. The Bertz CT molecular complexity index is 362. The van der Waals surface area contributed by atoms with Gasteiger partial charge in [0.2, 0.25) is 5.91 Å². The Morgan fingerprint density at radius 1 is 1.50 bits per heavy atom. The predicted molar refractivity (Wildman–Crippen MR) is 64.3 cm³/mol. The van der Waals surface area contributed by atoms with Crippen molar-refractivity contribution in [1.82, 2.24) is 5.32 Å². The van der Waals surface area contributed by atoms with Crippen molar-refractivity contribution >= 4 is 27.3 Å². The third kappa shape index (κ3) is 3.63. The van der Waals surface area contributed by atoms with Crippen LogP contribution in [0, 0.1) is 5.41 Å². The molecule has 0 aromatic heterocycles. The molecule has 6 heteroatoms. The van der Waals surface area contributed by atoms with Gasteiger partial charge < -0.3 is 5.32 Å². The van der Waals surface area contributed by atoms with Crippen molar-refractivity contribution in [3.8, 4) is 0 Å². The first kappa shape index (κ1) is 13.8. The molecule has 0 aromatic carbocycles. The van der Waals surface area contributed by atoms with Crippen LogP contribution >= 0.6 is 11.6 Å². The maximum Gasteiger partial charge on any atom is 0.238 e. The largest absolute Gasteiger partial charge is 0.354 e. The fourth-order valence-corrected chi connectivity index (χ4v) is 2.38. The molecule has 1 amide bonds. The number of carbonyl (C=O) groups excluding carboxylic acids is 1. The van der Waals surface area contributed by atoms with E-state index < -0.39 is 21.0 Å². The number of halogens is 1. The molecule has 1 saturated carbocycles. The monoisotopic (exact) mass is 267 g/mol. The van der Waals surface area contributed by atoms with Gasteiger partial charge >= 0.3 is 0 Å². The molecule has 0 heterocycles. The van der Waals surface area contributed by atoms with Gasteiger partial charge in [0.1, 0.15) is 5.25 Å². The number of nitrogens with one attached hydrogen (secondary N) is 1. The summed E-state index contributed by atoms with van der Waals surface area (Å²) in [6, 6.07) is 0. The van der Waals surface area contributed by atoms with Crippen molar-refractivity contribution in [2.45, 2.75) is 31.4 Å². The van der Waals surface area contributed by atoms with Gasteiger partial charge in [0.25, 0.3) is 0 Å². The zero-order chi connectivity index (χ0) is 12.4. The highest BCUT2D eigenvalue weighted by atomic mass is 35.5. The van der Waals surface area contributed by atoms with Crippen molar-refractivity contribution in [1.29, 1.82) is 0 Å². The van der Waals surface area contributed by atoms with Crippen LogP contribution in [0.5, 0.6) is 0 Å². The maximum absolute atomic E-state index is 11.5. The first-order chi connectivity index (χ1) is 7.31. The minimum atomic E-state index is -3.30. The third-order valence-corrected chi connectivity index (χ3v) is 4.92. The molecule has 1 aliphatic rings. The van der Waals surface area contributed by atoms with E-state index >= 15 is 0 Å². The van der Waals surface area contributed by atoms with Crippen molar-refractivity contribution in [3.05, 3.63) is 0 Å². The van der Waals surface area contributed by atoms with Gasteiger partial charge in [-0.2, -0.15) is 0 Å². The van der Waals surface area contributed by atoms with E-state index in [0.29, 0.717) is 12.4 Å². The van der Waals surface area contributed by atoms with E-state index in [-0.39, 0.29) is 5.41 Å². The van der Waals surface area contributed by atoms with E-state index in [9.17, 15) is 13.2 Å². The second-order valence-electron chi connectivity index (χ2n) is 4.63. The Balaban J connectivity index is 2.42. The van der Waals surface area contributed by atoms with E-state index in [0.717, 1.165) is 25.5 Å². The molecule has 1 rings (SSSR count). The van der Waals surface area contributed by atoms with Gasteiger partial charge in [-0.25, -0.2) is 8.42 Å². The molecule has 1 atom stereocenters. The molecule has 0 radical (unpaired) electrons. The normalized spacial score (nSPS) is 20.2. The highest BCUT2D eigenvalue weighted by Gasteiger charge is 2.42. The lowest BCUT2D eigenvalue weighted by molar-refractivity contribution is -0.120. The molecule has 0 spiro atoms. The van der Waals surface area contributed by atoms with Crippen molar-refractivity contribution < 1.29 is 13.2 Å². The molecule has 16 heavy (non-hydrogen) atoms. The average molecular weight is 268 g/mol. The minimum absolute atomic E-state index is 0.134. The fourth-order valence-electron chi connectivity index (χ4n) is 1.51. The summed E-state index contributed by atoms with van der Waals surface area (Å²) in [5.74, 6) is 0.167. The number of sulfone groups is 1. The van der Waals surface area contributed by atoms with Gasteiger partial charge in [-0.1, -0.05) is 0 Å². The molecule has 1 N–H and O–H groups in total. The van der Waals surface area contributed by atoms with Gasteiger partial charge in [0.15, 0.2) is 9.84 Å². The topological polar surface area (TPSA) is 63.2 Å². The van der Waals surface area contributed by atoms with E-state index in [2.05, 4.69) is 5.32 Å². The van der Waals surface area contributed by atoms with Crippen LogP contribution in [0.1, 0.15) is 26.2 Å². The van der Waals surface area contributed by atoms with E-state index in [4.69, 9.17) is 11.6 Å². The lowest BCUT2D eigenvalue weighted by Crippen LogP contribution is -2.40. The minimum Gasteiger partial charge on any atom is -0.354 e. The standard InChI is InChI=1S/C10H18ClNO3S/c1-8(16(2,14)15)9(13)12-7-10(3-4-10)5-6-11/h8H,3-7H2,1-2H3,(H,12,13). The summed E-state index contributed by atoms with van der Waals surface area (Å²) in [6.07, 6.45) is 4.07. The lowest BCUT2D eigenvalue weighted by Gasteiger charge is -2.16. The number of hydrogen-bond donors (Lipinski definition) is 1. The number of hydrogen-bond acceptors (Lipinski definition) is 3. The summed E-state index contributed by atoms with van der Waals surface area (Å²) in [4.78, 5) is 11.5. The molecule has 0 saturated heterocycles. The Labute approximate surface area is 102 Å². The zero-order valence-corrected chi connectivity index (χ0v) is 11.2. The maximum atomic E-state index is 11.5. The summed E-state index contributed by atoms with van der Waals surface area (Å²) >= 11 is 5.67. The molecule has 0 bridgehead atoms. The quantitative estimate of drug-likeness (QED) is 0.729. The molecule has 4 nitrogen and oxygen atoms in total. The molecule has 94 valence electrons. The van der Waals surface area contributed by atoms with Crippen LogP contribution in [0.3, 0.4) is 0 Å². The first-order valence-corrected chi connectivity index (χ1v) is 7.82. The average Bonchev–Trinajstić information content (AvgIpc) is 2.93. The fraction of sp³-hybridized carbons (Fsp3) is 0.900. The summed E-state index contributed by atoms with van der Waals surface area (Å²) in [5.41, 5.74) is 0.134. The van der Waals surface area contributed by atoms with Crippen molar-refractivity contribution in [3.63, 3.8) is 0 Å². The van der Waals surface area contributed by atoms with Crippen LogP contribution in [0.2, 0.25) is 0 Å². The molecule has 1 fully saturated rings. The van der Waals surface area contributed by atoms with Gasteiger partial charge in [-0.05, 0) is 31.6 Å². The molecular formula is C10H18ClNO3S. The van der Waals surface area contributed by atoms with E-state index in [1.165, 1.54) is 6.92 Å². The second kappa shape index (κ2) is 4.92. The summed E-state index contributed by atoms with van der Waals surface area (Å²) in [5, 5.41) is 1.73. The van der Waals surface area contributed by atoms with Gasteiger partial charge in [0.05, 0.1) is 0 Å². The molecule has 0 aromatic rings. The van der Waals surface area contributed by atoms with Gasteiger partial charge in [0, 0.05) is 18.7 Å². The molecule has 1 aliphatic carbocycles. The number of amides is 1. The van der Waals surface area contributed by atoms with Crippen molar-refractivity contribution in [2.24, 2.45) is 5.41 Å². The SMILES string of the molecule is CC(C(=O)NCC1(CCCl)CC1)S(C)(=O)=O. The smallest absolute Gasteiger partial charge is 0.238 e. The number of rotatable bonds is 6. The molecular weight excluding hydrogens is 250 g/mol. The Morgan fingerprint density at radius 3 is 2.44 bits per heavy atom. The summed E-state index contributed by atoms with van der Waals surface area (Å²) < 4.78 is 22.3. The molecule has 0 aliphatic heterocycles. The zero-order valence-electron chi connectivity index (χ0n) is 9.62.